The van der Waals surface area contributed by atoms with Gasteiger partial charge in [0.25, 0.3) is 18.2 Å². The van der Waals surface area contributed by atoms with Gasteiger partial charge in [0.05, 0.1) is 61.2 Å². The standard InChI is InChI=1S/C39H40ClF3N8O7/c40-22-4-6-29-26(18-22)35(47-28-19-23(41)5-7-30(28)50(29)21-32(42)43)46-24-10-13-49(20-24)39(56)45-12-15-58-17-16-57-14-11-44-27-3-1-2-25-34(27)38(55)51(37(25)54)31-8-9-33(52)48-36(31)53/h1-7,18-19,24,31-32,44H,8-17,20-21H2,(H,45,56)(H,46,47)(H,48,52,53). The second kappa shape index (κ2) is 17.8. The predicted molar refractivity (Wildman–Crippen MR) is 207 cm³/mol. The average molecular weight is 825 g/mol. The number of imide groups is 2. The molecule has 7 rings (SSSR count). The third kappa shape index (κ3) is 8.88. The van der Waals surface area contributed by atoms with Gasteiger partial charge in [0, 0.05) is 61.0 Å². The molecule has 58 heavy (non-hydrogen) atoms. The van der Waals surface area contributed by atoms with E-state index in [1.807, 2.05) is 0 Å². The Balaban J connectivity index is 0.819. The molecule has 2 unspecified atom stereocenters. The maximum Gasteiger partial charge on any atom is 0.317 e. The molecule has 3 aromatic rings. The zero-order valence-electron chi connectivity index (χ0n) is 31.1. The number of carbonyl (C=O) groups excluding carboxylic acids is 5. The van der Waals surface area contributed by atoms with E-state index in [1.165, 1.54) is 29.2 Å². The first kappa shape index (κ1) is 40.5. The van der Waals surface area contributed by atoms with E-state index in [-0.39, 0.29) is 74.7 Å². The first-order valence-corrected chi connectivity index (χ1v) is 19.1. The number of nitrogens with zero attached hydrogens (tertiary/aromatic N) is 4. The summed E-state index contributed by atoms with van der Waals surface area (Å²) in [6.45, 7) is 1.71. The summed E-state index contributed by atoms with van der Waals surface area (Å²) in [7, 11) is 0. The van der Waals surface area contributed by atoms with Crippen LogP contribution < -0.4 is 26.2 Å². The fourth-order valence-corrected chi connectivity index (χ4v) is 7.51. The molecule has 3 aromatic carbocycles. The number of benzene rings is 3. The third-order valence-corrected chi connectivity index (χ3v) is 10.3. The molecule has 0 radical (unpaired) electrons. The van der Waals surface area contributed by atoms with Gasteiger partial charge < -0.3 is 35.2 Å². The van der Waals surface area contributed by atoms with E-state index in [0.29, 0.717) is 59.5 Å². The van der Waals surface area contributed by atoms with Gasteiger partial charge in [-0.05, 0) is 55.3 Å². The van der Waals surface area contributed by atoms with Gasteiger partial charge in [0.1, 0.15) is 17.7 Å². The Morgan fingerprint density at radius 1 is 0.931 bits per heavy atom. The Hall–Kier alpha value is -5.72. The Bertz CT molecular complexity index is 2140. The summed E-state index contributed by atoms with van der Waals surface area (Å²) in [5, 5.41) is 11.8. The van der Waals surface area contributed by atoms with Gasteiger partial charge in [0.15, 0.2) is 0 Å². The van der Waals surface area contributed by atoms with Crippen LogP contribution in [0.15, 0.2) is 59.6 Å². The fraction of sp³-hybridized carbons (Fsp3) is 0.385. The summed E-state index contributed by atoms with van der Waals surface area (Å²) in [5.74, 6) is -2.54. The van der Waals surface area contributed by atoms with Gasteiger partial charge in [0.2, 0.25) is 11.8 Å². The number of amides is 6. The highest BCUT2D eigenvalue weighted by Crippen LogP contribution is 2.41. The lowest BCUT2D eigenvalue weighted by atomic mass is 10.0. The molecule has 306 valence electrons. The van der Waals surface area contributed by atoms with E-state index >= 15 is 0 Å². The number of hydrogen-bond donors (Lipinski definition) is 4. The molecular weight excluding hydrogens is 785 g/mol. The highest BCUT2D eigenvalue weighted by atomic mass is 35.5. The molecule has 0 aliphatic carbocycles. The Morgan fingerprint density at radius 3 is 2.48 bits per heavy atom. The molecule has 2 saturated heterocycles. The number of ether oxygens (including phenoxy) is 2. The van der Waals surface area contributed by atoms with Crippen LogP contribution in [-0.2, 0) is 19.1 Å². The fourth-order valence-electron chi connectivity index (χ4n) is 7.34. The second-order valence-electron chi connectivity index (χ2n) is 13.9. The minimum atomic E-state index is -2.68. The van der Waals surface area contributed by atoms with Crippen molar-refractivity contribution >= 4 is 69.8 Å². The van der Waals surface area contributed by atoms with E-state index in [4.69, 9.17) is 21.1 Å². The number of urea groups is 1. The monoisotopic (exact) mass is 824 g/mol. The van der Waals surface area contributed by atoms with Crippen LogP contribution in [0.4, 0.5) is 40.7 Å². The number of carbonyl (C=O) groups is 5. The molecule has 4 aliphatic rings. The number of fused-ring (bicyclic) bond motifs is 3. The first-order valence-electron chi connectivity index (χ1n) is 18.8. The lowest BCUT2D eigenvalue weighted by Gasteiger charge is -2.27. The number of anilines is 3. The summed E-state index contributed by atoms with van der Waals surface area (Å²) < 4.78 is 53.0. The molecule has 6 amide bonds. The summed E-state index contributed by atoms with van der Waals surface area (Å²) in [6, 6.07) is 11.9. The van der Waals surface area contributed by atoms with Gasteiger partial charge in [-0.3, -0.25) is 29.4 Å². The van der Waals surface area contributed by atoms with Crippen LogP contribution >= 0.6 is 11.6 Å². The Labute approximate surface area is 335 Å². The number of amidine groups is 1. The van der Waals surface area contributed by atoms with Crippen molar-refractivity contribution < 1.29 is 46.6 Å². The van der Waals surface area contributed by atoms with Crippen molar-refractivity contribution in [2.45, 2.75) is 37.8 Å². The van der Waals surface area contributed by atoms with Crippen LogP contribution in [0.2, 0.25) is 5.02 Å². The molecule has 4 N–H and O–H groups in total. The quantitative estimate of drug-likeness (QED) is 0.136. The van der Waals surface area contributed by atoms with E-state index < -0.39 is 48.5 Å². The van der Waals surface area contributed by atoms with Gasteiger partial charge in [-0.15, -0.1) is 0 Å². The van der Waals surface area contributed by atoms with Crippen LogP contribution in [0.5, 0.6) is 0 Å². The van der Waals surface area contributed by atoms with E-state index in [2.05, 4.69) is 26.3 Å². The van der Waals surface area contributed by atoms with E-state index in [9.17, 15) is 37.1 Å². The van der Waals surface area contributed by atoms with Crippen LogP contribution in [0, 0.1) is 5.82 Å². The number of halogens is 4. The number of likely N-dealkylation sites (tertiary alicyclic amines) is 1. The first-order chi connectivity index (χ1) is 28.0. The predicted octanol–water partition coefficient (Wildman–Crippen LogP) is 4.19. The van der Waals surface area contributed by atoms with Gasteiger partial charge in [-0.1, -0.05) is 17.7 Å². The van der Waals surface area contributed by atoms with Gasteiger partial charge >= 0.3 is 6.03 Å². The molecule has 4 heterocycles. The third-order valence-electron chi connectivity index (χ3n) is 10.0. The molecular formula is C39H40ClF3N8O7. The second-order valence-corrected chi connectivity index (χ2v) is 14.3. The highest BCUT2D eigenvalue weighted by Gasteiger charge is 2.45. The number of alkyl halides is 2. The normalized spacial score (nSPS) is 18.8. The zero-order chi connectivity index (χ0) is 40.9. The van der Waals surface area contributed by atoms with Crippen LogP contribution in [0.1, 0.15) is 45.5 Å². The van der Waals surface area contributed by atoms with Crippen molar-refractivity contribution in [1.29, 1.82) is 0 Å². The largest absolute Gasteiger partial charge is 0.382 e. The van der Waals surface area contributed by atoms with Crippen molar-refractivity contribution in [2.75, 3.05) is 69.4 Å². The summed E-state index contributed by atoms with van der Waals surface area (Å²) in [6.07, 6.45) is -2.00. The van der Waals surface area contributed by atoms with Crippen LogP contribution in [-0.4, -0.2) is 123 Å². The summed E-state index contributed by atoms with van der Waals surface area (Å²) in [4.78, 5) is 71.7. The maximum atomic E-state index is 14.3. The van der Waals surface area contributed by atoms with Crippen molar-refractivity contribution in [1.82, 2.24) is 25.8 Å². The molecule has 15 nitrogen and oxygen atoms in total. The molecule has 4 aliphatic heterocycles. The highest BCUT2D eigenvalue weighted by molar-refractivity contribution is 6.31. The minimum Gasteiger partial charge on any atom is -0.382 e. The number of hydrogen-bond acceptors (Lipinski definition) is 11. The maximum absolute atomic E-state index is 14.3. The lowest BCUT2D eigenvalue weighted by Crippen LogP contribution is -2.54. The molecule has 0 aromatic heterocycles. The average Bonchev–Trinajstić information content (AvgIpc) is 3.73. The molecule has 2 atom stereocenters. The minimum absolute atomic E-state index is 0.0343. The number of piperidine rings is 1. The topological polar surface area (TPSA) is 174 Å². The van der Waals surface area contributed by atoms with Crippen molar-refractivity contribution in [3.63, 3.8) is 0 Å². The number of aliphatic imine (C=N–C) groups is 1. The van der Waals surface area contributed by atoms with Crippen LogP contribution in [0.25, 0.3) is 0 Å². The number of nitrogens with one attached hydrogen (secondary N) is 4. The van der Waals surface area contributed by atoms with Crippen molar-refractivity contribution in [3.8, 4) is 0 Å². The van der Waals surface area contributed by atoms with Crippen LogP contribution in [0.3, 0.4) is 0 Å². The Morgan fingerprint density at radius 2 is 1.71 bits per heavy atom. The van der Waals surface area contributed by atoms with Gasteiger partial charge in [-0.25, -0.2) is 23.0 Å². The SMILES string of the molecule is O=C1CCC(N2C(=O)c3cccc(NCCOCCOCCNC(=O)N4CCC(NC5=Nc6cc(F)ccc6N(CC(F)F)c6ccc(Cl)cc65)C4)c3C2=O)C(=O)N1. The molecule has 19 heteroatoms. The molecule has 0 spiro atoms. The Kier molecular flexibility index (Phi) is 12.4. The molecule has 2 fully saturated rings. The van der Waals surface area contributed by atoms with E-state index in [1.54, 1.807) is 35.2 Å². The van der Waals surface area contributed by atoms with Crippen molar-refractivity contribution in [3.05, 3.63) is 82.1 Å². The summed E-state index contributed by atoms with van der Waals surface area (Å²) >= 11 is 6.32. The zero-order valence-corrected chi connectivity index (χ0v) is 31.8. The molecule has 0 saturated carbocycles. The number of rotatable bonds is 14. The smallest absolute Gasteiger partial charge is 0.317 e. The molecule has 0 bridgehead atoms. The lowest BCUT2D eigenvalue weighted by molar-refractivity contribution is -0.136. The summed E-state index contributed by atoms with van der Waals surface area (Å²) in [5.41, 5.74) is 2.18. The van der Waals surface area contributed by atoms with Crippen molar-refractivity contribution in [2.24, 2.45) is 4.99 Å². The van der Waals surface area contributed by atoms with Gasteiger partial charge in [-0.2, -0.15) is 0 Å². The van der Waals surface area contributed by atoms with E-state index in [0.717, 1.165) is 4.90 Å².